The van der Waals surface area contributed by atoms with Crippen LogP contribution in [0.5, 0.6) is 0 Å². The number of nitrogens with one attached hydrogen (secondary N) is 1. The van der Waals surface area contributed by atoms with E-state index in [0.717, 1.165) is 15.6 Å². The second-order valence-corrected chi connectivity index (χ2v) is 5.74. The van der Waals surface area contributed by atoms with Crippen molar-refractivity contribution in [2.45, 2.75) is 13.0 Å². The highest BCUT2D eigenvalue weighted by Crippen LogP contribution is 2.16. The van der Waals surface area contributed by atoms with Gasteiger partial charge in [0, 0.05) is 10.9 Å². The van der Waals surface area contributed by atoms with E-state index in [0.29, 0.717) is 23.1 Å². The van der Waals surface area contributed by atoms with Crippen LogP contribution in [-0.4, -0.2) is 15.1 Å². The predicted molar refractivity (Wildman–Crippen MR) is 85.2 cm³/mol. The molecular weight excluding hydrogens is 332 g/mol. The number of aliphatic hydroxyl groups excluding tert-OH is 1. The maximum atomic E-state index is 12.1. The van der Waals surface area contributed by atoms with Gasteiger partial charge in [-0.05, 0) is 29.3 Å². The summed E-state index contributed by atoms with van der Waals surface area (Å²) in [5, 5.41) is 9.60. The van der Waals surface area contributed by atoms with Crippen molar-refractivity contribution in [1.29, 1.82) is 0 Å². The molecule has 0 aliphatic rings. The number of hydrogen-bond acceptors (Lipinski definition) is 3. The molecule has 0 saturated carbocycles. The highest BCUT2D eigenvalue weighted by molar-refractivity contribution is 9.10. The summed E-state index contributed by atoms with van der Waals surface area (Å²) >= 11 is 3.35. The molecule has 2 N–H and O–H groups in total. The van der Waals surface area contributed by atoms with Crippen molar-refractivity contribution >= 4 is 26.8 Å². The van der Waals surface area contributed by atoms with Gasteiger partial charge in [0.15, 0.2) is 0 Å². The van der Waals surface area contributed by atoms with E-state index in [1.807, 2.05) is 36.4 Å². The van der Waals surface area contributed by atoms with E-state index in [-0.39, 0.29) is 12.2 Å². The number of aromatic amines is 1. The molecule has 0 radical (unpaired) electrons. The van der Waals surface area contributed by atoms with E-state index in [1.54, 1.807) is 6.07 Å². The van der Waals surface area contributed by atoms with Crippen molar-refractivity contribution < 1.29 is 5.11 Å². The zero-order chi connectivity index (χ0) is 14.8. The molecule has 106 valence electrons. The maximum Gasteiger partial charge on any atom is 0.258 e. The second-order valence-electron chi connectivity index (χ2n) is 4.83. The summed E-state index contributed by atoms with van der Waals surface area (Å²) in [6, 6.07) is 13.1. The van der Waals surface area contributed by atoms with Crippen molar-refractivity contribution in [3.63, 3.8) is 0 Å². The number of aromatic nitrogens is 2. The third-order valence-corrected chi connectivity index (χ3v) is 3.79. The highest BCUT2D eigenvalue weighted by Gasteiger charge is 2.05. The molecule has 1 aromatic heterocycles. The zero-order valence-electron chi connectivity index (χ0n) is 11.1. The predicted octanol–water partition coefficient (Wildman–Crippen LogP) is 2.77. The number of aliphatic hydroxyl groups is 1. The van der Waals surface area contributed by atoms with Gasteiger partial charge in [0.05, 0.1) is 17.5 Å². The molecule has 1 heterocycles. The van der Waals surface area contributed by atoms with Crippen LogP contribution >= 0.6 is 15.9 Å². The minimum absolute atomic E-state index is 0.0280. The fraction of sp³-hybridized carbons (Fsp3) is 0.125. The van der Waals surface area contributed by atoms with Crippen LogP contribution in [0.3, 0.4) is 0 Å². The van der Waals surface area contributed by atoms with Crippen molar-refractivity contribution in [3.8, 4) is 0 Å². The van der Waals surface area contributed by atoms with E-state index in [2.05, 4.69) is 25.9 Å². The summed E-state index contributed by atoms with van der Waals surface area (Å²) in [4.78, 5) is 19.4. The van der Waals surface area contributed by atoms with Crippen LogP contribution in [0, 0.1) is 0 Å². The standard InChI is InChI=1S/C16H13BrN2O2/c17-12-5-6-14-13(8-12)16(21)19-15(18-14)7-10-1-3-11(9-20)4-2-10/h1-6,8,20H,7,9H2,(H,18,19,21). The normalized spacial score (nSPS) is 11.0. The minimum atomic E-state index is -0.136. The van der Waals surface area contributed by atoms with Crippen LogP contribution in [0.2, 0.25) is 0 Å². The van der Waals surface area contributed by atoms with Crippen molar-refractivity contribution in [2.24, 2.45) is 0 Å². The Morgan fingerprint density at radius 1 is 1.10 bits per heavy atom. The SMILES string of the molecule is O=c1[nH]c(Cc2ccc(CO)cc2)nc2ccc(Br)cc12. The summed E-state index contributed by atoms with van der Waals surface area (Å²) in [5.41, 5.74) is 2.45. The summed E-state index contributed by atoms with van der Waals surface area (Å²) in [7, 11) is 0. The fourth-order valence-corrected chi connectivity index (χ4v) is 2.56. The molecule has 5 heteroatoms. The number of halogens is 1. The van der Waals surface area contributed by atoms with Crippen LogP contribution in [-0.2, 0) is 13.0 Å². The minimum Gasteiger partial charge on any atom is -0.392 e. The first-order valence-electron chi connectivity index (χ1n) is 6.53. The molecule has 0 aliphatic carbocycles. The average Bonchev–Trinajstić information content (AvgIpc) is 2.49. The first kappa shape index (κ1) is 14.0. The first-order chi connectivity index (χ1) is 10.2. The molecule has 0 spiro atoms. The number of rotatable bonds is 3. The van der Waals surface area contributed by atoms with Crippen LogP contribution in [0.25, 0.3) is 10.9 Å². The van der Waals surface area contributed by atoms with Crippen LogP contribution in [0.4, 0.5) is 0 Å². The van der Waals surface area contributed by atoms with Gasteiger partial charge in [0.25, 0.3) is 5.56 Å². The van der Waals surface area contributed by atoms with Crippen LogP contribution < -0.4 is 5.56 Å². The van der Waals surface area contributed by atoms with E-state index in [9.17, 15) is 4.79 Å². The lowest BCUT2D eigenvalue weighted by Gasteiger charge is -2.04. The molecule has 3 rings (SSSR count). The zero-order valence-corrected chi connectivity index (χ0v) is 12.7. The fourth-order valence-electron chi connectivity index (χ4n) is 2.20. The van der Waals surface area contributed by atoms with Crippen molar-refractivity contribution in [3.05, 3.63) is 74.2 Å². The Bertz CT molecular complexity index is 841. The Hall–Kier alpha value is -1.98. The van der Waals surface area contributed by atoms with Gasteiger partial charge in [-0.25, -0.2) is 4.98 Å². The second kappa shape index (κ2) is 5.79. The molecule has 0 aliphatic heterocycles. The van der Waals surface area contributed by atoms with Crippen LogP contribution in [0.15, 0.2) is 51.7 Å². The van der Waals surface area contributed by atoms with Gasteiger partial charge in [-0.15, -0.1) is 0 Å². The lowest BCUT2D eigenvalue weighted by Crippen LogP contribution is -2.12. The molecule has 0 saturated heterocycles. The number of benzene rings is 2. The Morgan fingerprint density at radius 3 is 2.52 bits per heavy atom. The van der Waals surface area contributed by atoms with Crippen molar-refractivity contribution in [1.82, 2.24) is 9.97 Å². The Kier molecular flexibility index (Phi) is 3.86. The number of hydrogen-bond donors (Lipinski definition) is 2. The molecular formula is C16H13BrN2O2. The average molecular weight is 345 g/mol. The summed E-state index contributed by atoms with van der Waals surface area (Å²) in [5.74, 6) is 0.631. The lowest BCUT2D eigenvalue weighted by molar-refractivity contribution is 0.282. The van der Waals surface area contributed by atoms with E-state index >= 15 is 0 Å². The topological polar surface area (TPSA) is 66.0 Å². The number of nitrogens with zero attached hydrogens (tertiary/aromatic N) is 1. The summed E-state index contributed by atoms with van der Waals surface area (Å²) in [6.07, 6.45) is 0.549. The largest absolute Gasteiger partial charge is 0.392 e. The molecule has 0 atom stereocenters. The van der Waals surface area contributed by atoms with Gasteiger partial charge in [-0.1, -0.05) is 40.2 Å². The van der Waals surface area contributed by atoms with E-state index < -0.39 is 0 Å². The molecule has 2 aromatic carbocycles. The number of fused-ring (bicyclic) bond motifs is 1. The first-order valence-corrected chi connectivity index (χ1v) is 7.32. The number of H-pyrrole nitrogens is 1. The molecule has 0 unspecified atom stereocenters. The highest BCUT2D eigenvalue weighted by atomic mass is 79.9. The monoisotopic (exact) mass is 344 g/mol. The van der Waals surface area contributed by atoms with E-state index in [4.69, 9.17) is 5.11 Å². The Morgan fingerprint density at radius 2 is 1.81 bits per heavy atom. The van der Waals surface area contributed by atoms with E-state index in [1.165, 1.54) is 0 Å². The van der Waals surface area contributed by atoms with Crippen molar-refractivity contribution in [2.75, 3.05) is 0 Å². The Balaban J connectivity index is 1.97. The third kappa shape index (κ3) is 3.04. The molecule has 21 heavy (non-hydrogen) atoms. The third-order valence-electron chi connectivity index (χ3n) is 3.29. The summed E-state index contributed by atoms with van der Waals surface area (Å²) in [6.45, 7) is 0.0280. The van der Waals surface area contributed by atoms with Gasteiger partial charge < -0.3 is 10.1 Å². The quantitative estimate of drug-likeness (QED) is 0.767. The van der Waals surface area contributed by atoms with Gasteiger partial charge >= 0.3 is 0 Å². The van der Waals surface area contributed by atoms with Crippen LogP contribution in [0.1, 0.15) is 17.0 Å². The molecule has 0 fully saturated rings. The van der Waals surface area contributed by atoms with Gasteiger partial charge in [-0.3, -0.25) is 4.79 Å². The van der Waals surface area contributed by atoms with Gasteiger partial charge in [0.2, 0.25) is 0 Å². The Labute approximate surface area is 129 Å². The molecule has 0 bridgehead atoms. The van der Waals surface area contributed by atoms with Gasteiger partial charge in [0.1, 0.15) is 5.82 Å². The summed E-state index contributed by atoms with van der Waals surface area (Å²) < 4.78 is 0.856. The van der Waals surface area contributed by atoms with Gasteiger partial charge in [-0.2, -0.15) is 0 Å². The maximum absolute atomic E-state index is 12.1. The lowest BCUT2D eigenvalue weighted by atomic mass is 10.1. The smallest absolute Gasteiger partial charge is 0.258 e. The molecule has 3 aromatic rings. The molecule has 0 amide bonds. The molecule has 4 nitrogen and oxygen atoms in total.